The maximum absolute atomic E-state index is 12.8. The summed E-state index contributed by atoms with van der Waals surface area (Å²) in [5.74, 6) is 0.165. The van der Waals surface area contributed by atoms with Gasteiger partial charge in [-0.25, -0.2) is 0 Å². The molecule has 1 aliphatic rings. The second-order valence-electron chi connectivity index (χ2n) is 5.91. The number of ether oxygens (including phenoxy) is 1. The van der Waals surface area contributed by atoms with Gasteiger partial charge in [-0.15, -0.1) is 0 Å². The van der Waals surface area contributed by atoms with E-state index >= 15 is 0 Å². The Morgan fingerprint density at radius 3 is 2.48 bits per heavy atom. The normalized spacial score (nSPS) is 15.6. The van der Waals surface area contributed by atoms with Crippen LogP contribution in [0.4, 0.5) is 5.69 Å². The molecule has 0 aliphatic carbocycles. The van der Waals surface area contributed by atoms with Gasteiger partial charge in [-0.1, -0.05) is 12.1 Å². The standard InChI is InChI=1S/C19H18N2O3S/c1-11-6-12(2)8-14(7-11)21-18(23)15(20-19(21)25)9-13-4-5-16(22)17(10-13)24-3/h4-10,22H,1-3H3,(H,20,25)/b15-9-. The lowest BCUT2D eigenvalue weighted by atomic mass is 10.1. The molecule has 0 saturated carbocycles. The number of methoxy groups -OCH3 is 1. The van der Waals surface area contributed by atoms with Crippen LogP contribution in [0.2, 0.25) is 0 Å². The second kappa shape index (κ2) is 6.57. The molecule has 128 valence electrons. The van der Waals surface area contributed by atoms with E-state index in [0.717, 1.165) is 22.4 Å². The number of carbonyl (C=O) groups is 1. The van der Waals surface area contributed by atoms with E-state index in [9.17, 15) is 9.90 Å². The Bertz CT molecular complexity index is 885. The summed E-state index contributed by atoms with van der Waals surface area (Å²) < 4.78 is 5.09. The van der Waals surface area contributed by atoms with Gasteiger partial charge in [0.05, 0.1) is 12.8 Å². The van der Waals surface area contributed by atoms with Crippen LogP contribution in [0.1, 0.15) is 16.7 Å². The summed E-state index contributed by atoms with van der Waals surface area (Å²) >= 11 is 5.34. The highest BCUT2D eigenvalue weighted by Gasteiger charge is 2.32. The van der Waals surface area contributed by atoms with E-state index in [1.165, 1.54) is 18.1 Å². The molecule has 3 rings (SSSR count). The first-order valence-corrected chi connectivity index (χ1v) is 8.12. The minimum absolute atomic E-state index is 0.0442. The molecule has 0 atom stereocenters. The molecule has 1 amide bonds. The summed E-state index contributed by atoms with van der Waals surface area (Å²) in [4.78, 5) is 14.3. The number of amides is 1. The number of carbonyl (C=O) groups excluding carboxylic acids is 1. The van der Waals surface area contributed by atoms with Crippen molar-refractivity contribution < 1.29 is 14.6 Å². The van der Waals surface area contributed by atoms with E-state index in [1.54, 1.807) is 18.2 Å². The summed E-state index contributed by atoms with van der Waals surface area (Å²) in [7, 11) is 1.47. The lowest BCUT2D eigenvalue weighted by Gasteiger charge is -2.15. The molecular weight excluding hydrogens is 336 g/mol. The number of benzene rings is 2. The molecule has 2 aromatic carbocycles. The van der Waals surface area contributed by atoms with Crippen molar-refractivity contribution in [3.63, 3.8) is 0 Å². The number of hydrogen-bond donors (Lipinski definition) is 2. The largest absolute Gasteiger partial charge is 0.504 e. The van der Waals surface area contributed by atoms with Crippen LogP contribution in [-0.2, 0) is 4.79 Å². The SMILES string of the molecule is COc1cc(/C=C2\NC(=S)N(c3cc(C)cc(C)c3)C2=O)ccc1O. The average Bonchev–Trinajstić information content (AvgIpc) is 2.82. The third-order valence-electron chi connectivity index (χ3n) is 3.86. The number of hydrogen-bond acceptors (Lipinski definition) is 4. The average molecular weight is 354 g/mol. The number of nitrogens with zero attached hydrogens (tertiary/aromatic N) is 1. The molecule has 0 unspecified atom stereocenters. The zero-order chi connectivity index (χ0) is 18.1. The maximum Gasteiger partial charge on any atom is 0.281 e. The lowest BCUT2D eigenvalue weighted by Crippen LogP contribution is -2.30. The van der Waals surface area contributed by atoms with Gasteiger partial charge in [0.2, 0.25) is 0 Å². The molecule has 1 fully saturated rings. The Hall–Kier alpha value is -2.86. The summed E-state index contributed by atoms with van der Waals surface area (Å²) in [6.45, 7) is 3.96. The van der Waals surface area contributed by atoms with Crippen molar-refractivity contribution in [3.05, 3.63) is 58.8 Å². The Labute approximate surface area is 151 Å². The van der Waals surface area contributed by atoms with Gasteiger partial charge in [0, 0.05) is 0 Å². The Balaban J connectivity index is 1.96. The molecule has 1 saturated heterocycles. The summed E-state index contributed by atoms with van der Waals surface area (Å²) in [6.07, 6.45) is 1.68. The predicted molar refractivity (Wildman–Crippen MR) is 102 cm³/mol. The van der Waals surface area contributed by atoms with Crippen molar-refractivity contribution >= 4 is 35.0 Å². The van der Waals surface area contributed by atoms with Crippen molar-refractivity contribution in [1.82, 2.24) is 5.32 Å². The minimum atomic E-state index is -0.220. The third kappa shape index (κ3) is 3.34. The zero-order valence-corrected chi connectivity index (χ0v) is 15.0. The molecular formula is C19H18N2O3S. The third-order valence-corrected chi connectivity index (χ3v) is 4.14. The molecule has 1 heterocycles. The number of rotatable bonds is 3. The monoisotopic (exact) mass is 354 g/mol. The van der Waals surface area contributed by atoms with Crippen LogP contribution in [0, 0.1) is 13.8 Å². The molecule has 2 N–H and O–H groups in total. The molecule has 2 aromatic rings. The highest BCUT2D eigenvalue weighted by molar-refractivity contribution is 7.80. The molecule has 6 heteroatoms. The fourth-order valence-electron chi connectivity index (χ4n) is 2.80. The van der Waals surface area contributed by atoms with Crippen molar-refractivity contribution in [3.8, 4) is 11.5 Å². The predicted octanol–water partition coefficient (Wildman–Crippen LogP) is 3.28. The van der Waals surface area contributed by atoms with Crippen LogP contribution < -0.4 is 15.0 Å². The number of aromatic hydroxyl groups is 1. The quantitative estimate of drug-likeness (QED) is 0.654. The van der Waals surface area contributed by atoms with E-state index in [4.69, 9.17) is 17.0 Å². The van der Waals surface area contributed by atoms with Crippen molar-refractivity contribution in [2.24, 2.45) is 0 Å². The van der Waals surface area contributed by atoms with Gasteiger partial charge in [0.25, 0.3) is 5.91 Å². The van der Waals surface area contributed by atoms with Crippen molar-refractivity contribution in [2.45, 2.75) is 13.8 Å². The number of nitrogens with one attached hydrogen (secondary N) is 1. The highest BCUT2D eigenvalue weighted by atomic mass is 32.1. The van der Waals surface area contributed by atoms with Crippen LogP contribution >= 0.6 is 12.2 Å². The van der Waals surface area contributed by atoms with Crippen LogP contribution in [0.15, 0.2) is 42.1 Å². The minimum Gasteiger partial charge on any atom is -0.504 e. The number of thiocarbonyl (C=S) groups is 1. The van der Waals surface area contributed by atoms with E-state index < -0.39 is 0 Å². The fraction of sp³-hybridized carbons (Fsp3) is 0.158. The van der Waals surface area contributed by atoms with Crippen LogP contribution in [0.25, 0.3) is 6.08 Å². The first-order chi connectivity index (χ1) is 11.9. The van der Waals surface area contributed by atoms with E-state index in [0.29, 0.717) is 16.6 Å². The van der Waals surface area contributed by atoms with Crippen molar-refractivity contribution in [2.75, 3.05) is 12.0 Å². The van der Waals surface area contributed by atoms with Gasteiger partial charge in [-0.2, -0.15) is 0 Å². The van der Waals surface area contributed by atoms with Gasteiger partial charge in [-0.05, 0) is 73.1 Å². The lowest BCUT2D eigenvalue weighted by molar-refractivity contribution is -0.113. The molecule has 25 heavy (non-hydrogen) atoms. The highest BCUT2D eigenvalue weighted by Crippen LogP contribution is 2.29. The molecule has 1 aliphatic heterocycles. The molecule has 0 spiro atoms. The van der Waals surface area contributed by atoms with Gasteiger partial charge >= 0.3 is 0 Å². The first-order valence-electron chi connectivity index (χ1n) is 7.71. The number of anilines is 1. The van der Waals surface area contributed by atoms with Gasteiger partial charge in [0.15, 0.2) is 16.6 Å². The first kappa shape index (κ1) is 17.0. The Morgan fingerprint density at radius 2 is 1.84 bits per heavy atom. The number of phenols is 1. The Kier molecular flexibility index (Phi) is 4.46. The smallest absolute Gasteiger partial charge is 0.281 e. The Morgan fingerprint density at radius 1 is 1.16 bits per heavy atom. The fourth-order valence-corrected chi connectivity index (χ4v) is 3.10. The topological polar surface area (TPSA) is 61.8 Å². The van der Waals surface area contributed by atoms with Crippen LogP contribution in [-0.4, -0.2) is 23.2 Å². The van der Waals surface area contributed by atoms with Gasteiger partial charge < -0.3 is 15.2 Å². The number of phenolic OH excluding ortho intramolecular Hbond substituents is 1. The van der Waals surface area contributed by atoms with Gasteiger partial charge in [-0.3, -0.25) is 9.69 Å². The molecule has 0 bridgehead atoms. The summed E-state index contributed by atoms with van der Waals surface area (Å²) in [6, 6.07) is 10.8. The van der Waals surface area contributed by atoms with E-state index in [-0.39, 0.29) is 11.7 Å². The van der Waals surface area contributed by atoms with Crippen molar-refractivity contribution in [1.29, 1.82) is 0 Å². The van der Waals surface area contributed by atoms with Gasteiger partial charge in [0.1, 0.15) is 5.70 Å². The van der Waals surface area contributed by atoms with Crippen LogP contribution in [0.5, 0.6) is 11.5 Å². The van der Waals surface area contributed by atoms with E-state index in [2.05, 4.69) is 5.32 Å². The molecule has 0 radical (unpaired) electrons. The number of aryl methyl sites for hydroxylation is 2. The van der Waals surface area contributed by atoms with Crippen LogP contribution in [0.3, 0.4) is 0 Å². The molecule has 5 nitrogen and oxygen atoms in total. The maximum atomic E-state index is 12.8. The van der Waals surface area contributed by atoms with E-state index in [1.807, 2.05) is 32.0 Å². The zero-order valence-electron chi connectivity index (χ0n) is 14.2. The summed E-state index contributed by atoms with van der Waals surface area (Å²) in [5.41, 5.74) is 3.96. The summed E-state index contributed by atoms with van der Waals surface area (Å²) in [5, 5.41) is 13.0. The second-order valence-corrected chi connectivity index (χ2v) is 6.29. The molecule has 0 aromatic heterocycles.